The zero-order chi connectivity index (χ0) is 14.8. The molecule has 20 heavy (non-hydrogen) atoms. The van der Waals surface area contributed by atoms with Gasteiger partial charge in [0, 0.05) is 25.4 Å². The van der Waals surface area contributed by atoms with Gasteiger partial charge >= 0.3 is 0 Å². The minimum absolute atomic E-state index is 0.0436. The van der Waals surface area contributed by atoms with Gasteiger partial charge in [-0.15, -0.1) is 0 Å². The first-order chi connectivity index (χ1) is 9.67. The van der Waals surface area contributed by atoms with Crippen LogP contribution < -0.4 is 15.4 Å². The molecule has 0 aliphatic heterocycles. The molecule has 1 amide bonds. The average molecular weight is 279 g/mol. The molecular formula is C15H25N3O2. The summed E-state index contributed by atoms with van der Waals surface area (Å²) in [5.74, 6) is 0.628. The fraction of sp³-hybridized carbons (Fsp3) is 0.600. The lowest BCUT2D eigenvalue weighted by Crippen LogP contribution is -2.42. The van der Waals surface area contributed by atoms with Crippen LogP contribution in [0.3, 0.4) is 0 Å². The Hall–Kier alpha value is -1.62. The van der Waals surface area contributed by atoms with E-state index in [9.17, 15) is 4.79 Å². The van der Waals surface area contributed by atoms with Crippen molar-refractivity contribution < 1.29 is 9.53 Å². The number of hydrogen-bond acceptors (Lipinski definition) is 4. The Balaban J connectivity index is 2.30. The van der Waals surface area contributed by atoms with E-state index < -0.39 is 0 Å². The van der Waals surface area contributed by atoms with Gasteiger partial charge in [-0.3, -0.25) is 4.79 Å². The molecule has 0 bridgehead atoms. The minimum Gasteiger partial charge on any atom is -0.481 e. The quantitative estimate of drug-likeness (QED) is 0.677. The Morgan fingerprint density at radius 2 is 2.25 bits per heavy atom. The van der Waals surface area contributed by atoms with Gasteiger partial charge in [-0.25, -0.2) is 4.98 Å². The number of pyridine rings is 1. The first-order valence-electron chi connectivity index (χ1n) is 7.17. The normalized spacial score (nSPS) is 11.9. The third-order valence-electron chi connectivity index (χ3n) is 3.09. The van der Waals surface area contributed by atoms with E-state index in [-0.39, 0.29) is 11.9 Å². The topological polar surface area (TPSA) is 63.2 Å². The molecule has 0 aliphatic rings. The summed E-state index contributed by atoms with van der Waals surface area (Å²) in [6.07, 6.45) is 5.05. The van der Waals surface area contributed by atoms with Gasteiger partial charge in [-0.05, 0) is 25.0 Å². The Labute approximate surface area is 121 Å². The van der Waals surface area contributed by atoms with E-state index in [4.69, 9.17) is 4.74 Å². The molecule has 0 radical (unpaired) electrons. The number of nitrogens with zero attached hydrogens (tertiary/aromatic N) is 1. The lowest BCUT2D eigenvalue weighted by atomic mass is 10.2. The lowest BCUT2D eigenvalue weighted by Gasteiger charge is -2.14. The molecule has 5 heteroatoms. The van der Waals surface area contributed by atoms with Gasteiger partial charge < -0.3 is 15.4 Å². The molecule has 5 nitrogen and oxygen atoms in total. The maximum atomic E-state index is 11.8. The number of methoxy groups -OCH3 is 1. The molecule has 0 fully saturated rings. The van der Waals surface area contributed by atoms with Crippen molar-refractivity contribution in [1.82, 2.24) is 15.6 Å². The smallest absolute Gasteiger partial charge is 0.236 e. The van der Waals surface area contributed by atoms with Crippen LogP contribution in [0.15, 0.2) is 18.3 Å². The Morgan fingerprint density at radius 1 is 1.45 bits per heavy atom. The highest BCUT2D eigenvalue weighted by Crippen LogP contribution is 2.08. The summed E-state index contributed by atoms with van der Waals surface area (Å²) in [4.78, 5) is 15.9. The van der Waals surface area contributed by atoms with Gasteiger partial charge in [0.15, 0.2) is 0 Å². The molecule has 0 saturated carbocycles. The molecule has 1 atom stereocenters. The molecule has 1 aromatic heterocycles. The van der Waals surface area contributed by atoms with Crippen LogP contribution in [0.2, 0.25) is 0 Å². The van der Waals surface area contributed by atoms with Gasteiger partial charge in [-0.1, -0.05) is 19.8 Å². The number of rotatable bonds is 9. The molecule has 0 saturated heterocycles. The Kier molecular flexibility index (Phi) is 7.65. The molecule has 112 valence electrons. The van der Waals surface area contributed by atoms with E-state index in [0.717, 1.165) is 31.4 Å². The maximum Gasteiger partial charge on any atom is 0.236 e. The second-order valence-electron chi connectivity index (χ2n) is 4.81. The van der Waals surface area contributed by atoms with Crippen LogP contribution in [0.4, 0.5) is 0 Å². The summed E-state index contributed by atoms with van der Waals surface area (Å²) < 4.78 is 5.07. The molecule has 0 aromatic carbocycles. The van der Waals surface area contributed by atoms with Crippen molar-refractivity contribution in [3.05, 3.63) is 23.9 Å². The van der Waals surface area contributed by atoms with Gasteiger partial charge in [0.05, 0.1) is 13.2 Å². The predicted octanol–water partition coefficient (Wildman–Crippen LogP) is 1.87. The van der Waals surface area contributed by atoms with Crippen LogP contribution in [0, 0.1) is 0 Å². The molecule has 0 aliphatic carbocycles. The summed E-state index contributed by atoms with van der Waals surface area (Å²) in [6.45, 7) is 5.38. The van der Waals surface area contributed by atoms with E-state index in [1.165, 1.54) is 0 Å². The van der Waals surface area contributed by atoms with Crippen molar-refractivity contribution >= 4 is 5.91 Å². The molecular weight excluding hydrogens is 254 g/mol. The fourth-order valence-corrected chi connectivity index (χ4v) is 1.78. The molecule has 0 spiro atoms. The number of unbranched alkanes of at least 4 members (excludes halogenated alkanes) is 2. The average Bonchev–Trinajstić information content (AvgIpc) is 2.49. The highest BCUT2D eigenvalue weighted by molar-refractivity contribution is 5.81. The Bertz CT molecular complexity index is 410. The zero-order valence-electron chi connectivity index (χ0n) is 12.6. The number of amides is 1. The van der Waals surface area contributed by atoms with Crippen LogP contribution >= 0.6 is 0 Å². The first kappa shape index (κ1) is 16.4. The van der Waals surface area contributed by atoms with E-state index in [0.29, 0.717) is 12.4 Å². The van der Waals surface area contributed by atoms with Crippen molar-refractivity contribution in [2.75, 3.05) is 13.7 Å². The van der Waals surface area contributed by atoms with Crippen molar-refractivity contribution in [3.8, 4) is 5.88 Å². The summed E-state index contributed by atoms with van der Waals surface area (Å²) in [5, 5.41) is 6.13. The second-order valence-corrected chi connectivity index (χ2v) is 4.81. The number of ether oxygens (including phenoxy) is 1. The monoisotopic (exact) mass is 279 g/mol. The molecule has 2 N–H and O–H groups in total. The van der Waals surface area contributed by atoms with Gasteiger partial charge in [0.1, 0.15) is 0 Å². The number of aromatic nitrogens is 1. The van der Waals surface area contributed by atoms with E-state index in [2.05, 4.69) is 22.5 Å². The van der Waals surface area contributed by atoms with E-state index >= 15 is 0 Å². The number of hydrogen-bond donors (Lipinski definition) is 2. The minimum atomic E-state index is -0.212. The molecule has 1 aromatic rings. The van der Waals surface area contributed by atoms with Crippen LogP contribution in [-0.2, 0) is 11.3 Å². The number of carbonyl (C=O) groups is 1. The molecule has 1 unspecified atom stereocenters. The predicted molar refractivity (Wildman–Crippen MR) is 79.6 cm³/mol. The van der Waals surface area contributed by atoms with Crippen LogP contribution in [0.1, 0.15) is 38.7 Å². The molecule has 1 rings (SSSR count). The lowest BCUT2D eigenvalue weighted by molar-refractivity contribution is -0.122. The third-order valence-corrected chi connectivity index (χ3v) is 3.09. The van der Waals surface area contributed by atoms with Crippen molar-refractivity contribution in [1.29, 1.82) is 0 Å². The molecule has 1 heterocycles. The van der Waals surface area contributed by atoms with Gasteiger partial charge in [0.25, 0.3) is 0 Å². The standard InChI is InChI=1S/C15H25N3O2/c1-4-5-6-8-17-15(19)12(2)18-11-13-7-9-16-14(10-13)20-3/h7,9-10,12,18H,4-6,8,11H2,1-3H3,(H,17,19). The Morgan fingerprint density at radius 3 is 2.95 bits per heavy atom. The summed E-state index contributed by atoms with van der Waals surface area (Å²) in [7, 11) is 1.59. The number of carbonyl (C=O) groups excluding carboxylic acids is 1. The van der Waals surface area contributed by atoms with Gasteiger partial charge in [0.2, 0.25) is 11.8 Å². The van der Waals surface area contributed by atoms with Crippen molar-refractivity contribution in [2.24, 2.45) is 0 Å². The third kappa shape index (κ3) is 6.02. The SMILES string of the molecule is CCCCCNC(=O)C(C)NCc1ccnc(OC)c1. The van der Waals surface area contributed by atoms with Crippen molar-refractivity contribution in [3.63, 3.8) is 0 Å². The highest BCUT2D eigenvalue weighted by atomic mass is 16.5. The van der Waals surface area contributed by atoms with Crippen molar-refractivity contribution in [2.45, 2.75) is 45.7 Å². The van der Waals surface area contributed by atoms with Crippen LogP contribution in [0.5, 0.6) is 5.88 Å². The summed E-state index contributed by atoms with van der Waals surface area (Å²) >= 11 is 0. The first-order valence-corrected chi connectivity index (χ1v) is 7.17. The van der Waals surface area contributed by atoms with E-state index in [1.807, 2.05) is 19.1 Å². The number of nitrogens with one attached hydrogen (secondary N) is 2. The van der Waals surface area contributed by atoms with E-state index in [1.54, 1.807) is 13.3 Å². The largest absolute Gasteiger partial charge is 0.481 e. The highest BCUT2D eigenvalue weighted by Gasteiger charge is 2.11. The van der Waals surface area contributed by atoms with Crippen LogP contribution in [-0.4, -0.2) is 30.6 Å². The zero-order valence-corrected chi connectivity index (χ0v) is 12.6. The second kappa shape index (κ2) is 9.31. The maximum absolute atomic E-state index is 11.8. The van der Waals surface area contributed by atoms with Gasteiger partial charge in [-0.2, -0.15) is 0 Å². The van der Waals surface area contributed by atoms with Crippen LogP contribution in [0.25, 0.3) is 0 Å². The fourth-order valence-electron chi connectivity index (χ4n) is 1.78. The summed E-state index contributed by atoms with van der Waals surface area (Å²) in [5.41, 5.74) is 1.04. The summed E-state index contributed by atoms with van der Waals surface area (Å²) in [6, 6.07) is 3.55.